The largest absolute Gasteiger partial charge is 0.496 e. The number of carbonyl (C=O) groups is 1. The van der Waals surface area contributed by atoms with Crippen LogP contribution in [0.5, 0.6) is 5.75 Å². The zero-order valence-corrected chi connectivity index (χ0v) is 9.34. The smallest absolute Gasteiger partial charge is 0.239 e. The number of methoxy groups -OCH3 is 1. The monoisotopic (exact) mass is 228 g/mol. The molecule has 0 aliphatic rings. The summed E-state index contributed by atoms with van der Waals surface area (Å²) in [5.74, 6) is 0.0459. The maximum absolute atomic E-state index is 11.2. The Morgan fingerprint density at radius 3 is 2.73 bits per heavy atom. The van der Waals surface area contributed by atoms with Crippen molar-refractivity contribution in [2.45, 2.75) is 6.04 Å². The minimum atomic E-state index is -0.645. The highest BCUT2D eigenvalue weighted by Crippen LogP contribution is 2.31. The summed E-state index contributed by atoms with van der Waals surface area (Å²) in [6, 6.07) is 4.52. The van der Waals surface area contributed by atoms with Crippen molar-refractivity contribution in [3.63, 3.8) is 0 Å². The highest BCUT2D eigenvalue weighted by Gasteiger charge is 2.22. The molecule has 0 saturated heterocycles. The molecule has 82 valence electrons. The average molecular weight is 229 g/mol. The third-order valence-corrected chi connectivity index (χ3v) is 2.42. The van der Waals surface area contributed by atoms with Crippen LogP contribution in [-0.4, -0.2) is 20.1 Å². The molecule has 1 unspecified atom stereocenters. The number of ether oxygens (including phenoxy) is 1. The van der Waals surface area contributed by atoms with Gasteiger partial charge in [-0.1, -0.05) is 17.7 Å². The summed E-state index contributed by atoms with van der Waals surface area (Å²) in [5.41, 5.74) is 5.82. The lowest BCUT2D eigenvalue weighted by molar-refractivity contribution is -0.120. The molecule has 0 aliphatic carbocycles. The Hall–Kier alpha value is -1.26. The van der Waals surface area contributed by atoms with Gasteiger partial charge in [-0.05, 0) is 19.2 Å². The van der Waals surface area contributed by atoms with Crippen molar-refractivity contribution >= 4 is 17.5 Å². The second-order valence-electron chi connectivity index (χ2n) is 2.98. The zero-order valence-electron chi connectivity index (χ0n) is 8.58. The summed E-state index contributed by atoms with van der Waals surface area (Å²) in [7, 11) is 3.15. The van der Waals surface area contributed by atoms with E-state index in [1.54, 1.807) is 25.2 Å². The summed E-state index contributed by atoms with van der Waals surface area (Å²) in [4.78, 5) is 11.2. The molecule has 1 amide bonds. The maximum Gasteiger partial charge on any atom is 0.239 e. The highest BCUT2D eigenvalue weighted by molar-refractivity contribution is 6.31. The van der Waals surface area contributed by atoms with E-state index in [2.05, 4.69) is 5.32 Å². The molecule has 0 spiro atoms. The molecule has 0 aliphatic heterocycles. The van der Waals surface area contributed by atoms with Crippen molar-refractivity contribution < 1.29 is 9.53 Å². The van der Waals surface area contributed by atoms with Crippen molar-refractivity contribution in [2.75, 3.05) is 14.2 Å². The van der Waals surface area contributed by atoms with E-state index < -0.39 is 11.9 Å². The SMILES string of the molecule is CNC(C(N)=O)c1c(Cl)cccc1OC. The molecule has 0 heterocycles. The van der Waals surface area contributed by atoms with Crippen LogP contribution >= 0.6 is 11.6 Å². The van der Waals surface area contributed by atoms with Crippen LogP contribution in [0, 0.1) is 0 Å². The van der Waals surface area contributed by atoms with Gasteiger partial charge in [0.2, 0.25) is 5.91 Å². The number of nitrogens with one attached hydrogen (secondary N) is 1. The van der Waals surface area contributed by atoms with Gasteiger partial charge in [-0.3, -0.25) is 4.79 Å². The maximum atomic E-state index is 11.2. The Kier molecular flexibility index (Phi) is 3.94. The lowest BCUT2D eigenvalue weighted by Gasteiger charge is -2.17. The number of carbonyl (C=O) groups excluding carboxylic acids is 1. The van der Waals surface area contributed by atoms with E-state index in [1.807, 2.05) is 0 Å². The molecule has 0 saturated carbocycles. The first-order chi connectivity index (χ1) is 7.11. The van der Waals surface area contributed by atoms with Crippen molar-refractivity contribution in [3.8, 4) is 5.75 Å². The Morgan fingerprint density at radius 1 is 1.60 bits per heavy atom. The van der Waals surface area contributed by atoms with Crippen molar-refractivity contribution in [2.24, 2.45) is 5.73 Å². The minimum absolute atomic E-state index is 0.451. The van der Waals surface area contributed by atoms with Crippen LogP contribution in [0.3, 0.4) is 0 Å². The minimum Gasteiger partial charge on any atom is -0.496 e. The molecular formula is C10H13ClN2O2. The molecule has 1 atom stereocenters. The molecule has 1 rings (SSSR count). The van der Waals surface area contributed by atoms with Gasteiger partial charge in [-0.2, -0.15) is 0 Å². The molecule has 0 aromatic heterocycles. The van der Waals surface area contributed by atoms with Crippen molar-refractivity contribution in [1.82, 2.24) is 5.32 Å². The van der Waals surface area contributed by atoms with Crippen LogP contribution in [0.1, 0.15) is 11.6 Å². The summed E-state index contributed by atoms with van der Waals surface area (Å²) >= 11 is 6.00. The van der Waals surface area contributed by atoms with Gasteiger partial charge in [0, 0.05) is 10.6 Å². The van der Waals surface area contributed by atoms with Gasteiger partial charge in [0.1, 0.15) is 11.8 Å². The lowest BCUT2D eigenvalue weighted by Crippen LogP contribution is -2.31. The quantitative estimate of drug-likeness (QED) is 0.811. The van der Waals surface area contributed by atoms with E-state index in [-0.39, 0.29) is 0 Å². The van der Waals surface area contributed by atoms with E-state index >= 15 is 0 Å². The number of rotatable bonds is 4. The molecule has 0 radical (unpaired) electrons. The van der Waals surface area contributed by atoms with Gasteiger partial charge >= 0.3 is 0 Å². The molecule has 0 bridgehead atoms. The molecule has 4 nitrogen and oxygen atoms in total. The first kappa shape index (κ1) is 11.8. The summed E-state index contributed by atoms with van der Waals surface area (Å²) in [6.07, 6.45) is 0. The van der Waals surface area contributed by atoms with Crippen LogP contribution in [-0.2, 0) is 4.79 Å². The molecule has 1 aromatic rings. The highest BCUT2D eigenvalue weighted by atomic mass is 35.5. The Balaban J connectivity index is 3.26. The van der Waals surface area contributed by atoms with Gasteiger partial charge in [0.15, 0.2) is 0 Å². The molecule has 15 heavy (non-hydrogen) atoms. The molecular weight excluding hydrogens is 216 g/mol. The van der Waals surface area contributed by atoms with Gasteiger partial charge < -0.3 is 15.8 Å². The Morgan fingerprint density at radius 2 is 2.27 bits per heavy atom. The topological polar surface area (TPSA) is 64.3 Å². The second kappa shape index (κ2) is 5.00. The van der Waals surface area contributed by atoms with Crippen molar-refractivity contribution in [3.05, 3.63) is 28.8 Å². The standard InChI is InChI=1S/C10H13ClN2O2/c1-13-9(10(12)14)8-6(11)4-3-5-7(8)15-2/h3-5,9,13H,1-2H3,(H2,12,14). The fourth-order valence-electron chi connectivity index (χ4n) is 1.40. The van der Waals surface area contributed by atoms with E-state index in [0.29, 0.717) is 16.3 Å². The van der Waals surface area contributed by atoms with E-state index in [9.17, 15) is 4.79 Å². The van der Waals surface area contributed by atoms with Crippen LogP contribution in [0.15, 0.2) is 18.2 Å². The van der Waals surface area contributed by atoms with Crippen LogP contribution in [0.4, 0.5) is 0 Å². The van der Waals surface area contributed by atoms with Gasteiger partial charge in [-0.15, -0.1) is 0 Å². The number of nitrogens with two attached hydrogens (primary N) is 1. The molecule has 1 aromatic carbocycles. The third-order valence-electron chi connectivity index (χ3n) is 2.09. The van der Waals surface area contributed by atoms with Crippen LogP contribution < -0.4 is 15.8 Å². The van der Waals surface area contributed by atoms with Crippen LogP contribution in [0.2, 0.25) is 5.02 Å². The van der Waals surface area contributed by atoms with Gasteiger partial charge in [0.05, 0.1) is 7.11 Å². The Bertz CT molecular complexity index is 368. The molecule has 5 heteroatoms. The number of benzene rings is 1. The molecule has 3 N–H and O–H groups in total. The third kappa shape index (κ3) is 2.40. The number of halogens is 1. The summed E-state index contributed by atoms with van der Waals surface area (Å²) in [6.45, 7) is 0. The first-order valence-electron chi connectivity index (χ1n) is 4.40. The lowest BCUT2D eigenvalue weighted by atomic mass is 10.1. The van der Waals surface area contributed by atoms with Gasteiger partial charge in [-0.25, -0.2) is 0 Å². The fourth-order valence-corrected chi connectivity index (χ4v) is 1.68. The summed E-state index contributed by atoms with van der Waals surface area (Å²) < 4.78 is 5.13. The number of amides is 1. The van der Waals surface area contributed by atoms with Crippen molar-refractivity contribution in [1.29, 1.82) is 0 Å². The second-order valence-corrected chi connectivity index (χ2v) is 3.39. The number of hydrogen-bond donors (Lipinski definition) is 2. The Labute approximate surface area is 93.4 Å². The average Bonchev–Trinajstić information content (AvgIpc) is 2.21. The zero-order chi connectivity index (χ0) is 11.4. The van der Waals surface area contributed by atoms with E-state index in [1.165, 1.54) is 7.11 Å². The predicted octanol–water partition coefficient (Wildman–Crippen LogP) is 1.09. The van der Waals surface area contributed by atoms with E-state index in [0.717, 1.165) is 0 Å². The van der Waals surface area contributed by atoms with E-state index in [4.69, 9.17) is 22.1 Å². The molecule has 0 fully saturated rings. The number of primary amides is 1. The fraction of sp³-hybridized carbons (Fsp3) is 0.300. The van der Waals surface area contributed by atoms with Crippen LogP contribution in [0.25, 0.3) is 0 Å². The normalized spacial score (nSPS) is 12.2. The first-order valence-corrected chi connectivity index (χ1v) is 4.78. The number of likely N-dealkylation sites (N-methyl/N-ethyl adjacent to an activating group) is 1. The predicted molar refractivity (Wildman–Crippen MR) is 59.0 cm³/mol. The van der Waals surface area contributed by atoms with Gasteiger partial charge in [0.25, 0.3) is 0 Å². The summed E-state index contributed by atoms with van der Waals surface area (Å²) in [5, 5.41) is 3.25. The number of hydrogen-bond acceptors (Lipinski definition) is 3.